The Bertz CT molecular complexity index is 1450. The number of carbonyl (C=O) groups is 2. The number of amides is 2. The first-order chi connectivity index (χ1) is 23.3. The molecule has 1 aliphatic heterocycles. The van der Waals surface area contributed by atoms with E-state index in [0.29, 0.717) is 51.5 Å². The third kappa shape index (κ3) is 13.1. The molecule has 10 nitrogen and oxygen atoms in total. The number of nitrogens with one attached hydrogen (secondary N) is 3. The predicted molar refractivity (Wildman–Crippen MR) is 180 cm³/mol. The van der Waals surface area contributed by atoms with Crippen molar-refractivity contribution < 1.29 is 42.7 Å². The number of ether oxygens (including phenoxy) is 2. The molecule has 1 fully saturated rings. The third-order valence-corrected chi connectivity index (χ3v) is 10.2. The maximum absolute atomic E-state index is 14.1. The molecule has 0 aromatic heterocycles. The summed E-state index contributed by atoms with van der Waals surface area (Å²) in [6.07, 6.45) is -0.428. The number of hydrogen-bond donors (Lipinski definition) is 4. The van der Waals surface area contributed by atoms with Crippen LogP contribution < -0.4 is 16.0 Å². The summed E-state index contributed by atoms with van der Waals surface area (Å²) in [5.74, 6) is -3.54. The first kappa shape index (κ1) is 37.7. The average Bonchev–Trinajstić information content (AvgIpc) is 3.04. The Labute approximate surface area is 284 Å². The maximum Gasteiger partial charge on any atom is 0.408 e. The van der Waals surface area contributed by atoms with Crippen molar-refractivity contribution in [1.82, 2.24) is 16.0 Å². The van der Waals surface area contributed by atoms with E-state index >= 15 is 0 Å². The fourth-order valence-corrected chi connectivity index (χ4v) is 7.59. The molecule has 1 saturated heterocycles. The van der Waals surface area contributed by atoms with Crippen LogP contribution in [0.2, 0.25) is 0 Å². The zero-order valence-electron chi connectivity index (χ0n) is 29.1. The highest BCUT2D eigenvalue weighted by molar-refractivity contribution is 7.92. The number of sulfone groups is 1. The predicted octanol–water partition coefficient (Wildman–Crippen LogP) is 4.36. The van der Waals surface area contributed by atoms with E-state index < -0.39 is 68.7 Å². The number of benzene rings is 2. The van der Waals surface area contributed by atoms with Crippen molar-refractivity contribution in [1.29, 1.82) is 0 Å². The van der Waals surface area contributed by atoms with Gasteiger partial charge in [0.15, 0.2) is 9.84 Å². The third-order valence-electron chi connectivity index (χ3n) is 8.19. The quantitative estimate of drug-likeness (QED) is 0.170. The van der Waals surface area contributed by atoms with Crippen LogP contribution in [0, 0.1) is 11.6 Å². The lowest BCUT2D eigenvalue weighted by atomic mass is 10.00. The van der Waals surface area contributed by atoms with Gasteiger partial charge in [-0.05, 0) is 54.5 Å². The summed E-state index contributed by atoms with van der Waals surface area (Å²) in [5.41, 5.74) is 2.25. The Morgan fingerprint density at radius 3 is 2.27 bits per heavy atom. The molecular formula is C35H51F2N3O7S. The lowest BCUT2D eigenvalue weighted by molar-refractivity contribution is -0.124. The lowest BCUT2D eigenvalue weighted by Gasteiger charge is -2.29. The maximum atomic E-state index is 14.1. The molecule has 268 valence electrons. The molecule has 3 atom stereocenters. The minimum atomic E-state index is -4.30. The average molecular weight is 697 g/mol. The molecule has 0 spiro atoms. The van der Waals surface area contributed by atoms with Crippen LogP contribution in [-0.2, 0) is 43.5 Å². The van der Waals surface area contributed by atoms with Gasteiger partial charge in [0.25, 0.3) is 0 Å². The van der Waals surface area contributed by atoms with E-state index in [1.807, 2.05) is 31.2 Å². The molecule has 13 heteroatoms. The molecule has 2 aromatic rings. The van der Waals surface area contributed by atoms with E-state index in [4.69, 9.17) is 10.8 Å². The second-order valence-electron chi connectivity index (χ2n) is 12.2. The Hall–Kier alpha value is -3.13. The number of aryl methyl sites for hydroxylation is 1. The van der Waals surface area contributed by atoms with Gasteiger partial charge in [-0.3, -0.25) is 4.79 Å². The zero-order valence-corrected chi connectivity index (χ0v) is 28.9. The van der Waals surface area contributed by atoms with Gasteiger partial charge in [-0.15, -0.1) is 0 Å². The van der Waals surface area contributed by atoms with Crippen LogP contribution in [0.15, 0.2) is 42.5 Å². The van der Waals surface area contributed by atoms with Crippen LogP contribution >= 0.6 is 0 Å². The van der Waals surface area contributed by atoms with Gasteiger partial charge >= 0.3 is 6.09 Å². The smallest absolute Gasteiger partial charge is 0.408 e. The Morgan fingerprint density at radius 1 is 1.00 bits per heavy atom. The highest BCUT2D eigenvalue weighted by Crippen LogP contribution is 2.18. The molecule has 1 aliphatic rings. The molecule has 0 aliphatic carbocycles. The Morgan fingerprint density at radius 2 is 1.65 bits per heavy atom. The second kappa shape index (κ2) is 19.8. The van der Waals surface area contributed by atoms with Crippen molar-refractivity contribution in [2.75, 3.05) is 25.5 Å². The zero-order chi connectivity index (χ0) is 36.0. The van der Waals surface area contributed by atoms with Crippen LogP contribution in [0.1, 0.15) is 77.4 Å². The summed E-state index contributed by atoms with van der Waals surface area (Å²) in [5, 5.41) is 17.5. The molecule has 4 N–H and O–H groups in total. The fourth-order valence-electron chi connectivity index (χ4n) is 5.65. The van der Waals surface area contributed by atoms with Gasteiger partial charge < -0.3 is 30.5 Å². The molecule has 0 saturated carbocycles. The molecule has 0 bridgehead atoms. The van der Waals surface area contributed by atoms with Gasteiger partial charge in [0.05, 0.1) is 36.3 Å². The van der Waals surface area contributed by atoms with Gasteiger partial charge in [-0.25, -0.2) is 22.0 Å². The molecule has 3 rings (SSSR count). The number of halogens is 2. The van der Waals surface area contributed by atoms with Gasteiger partial charge in [0.2, 0.25) is 5.91 Å². The highest BCUT2D eigenvalue weighted by atomic mass is 32.2. The molecular weight excluding hydrogens is 644 g/mol. The van der Waals surface area contributed by atoms with Crippen molar-refractivity contribution in [3.05, 3.63) is 70.8 Å². The lowest BCUT2D eigenvalue weighted by Crippen LogP contribution is -2.57. The van der Waals surface area contributed by atoms with Gasteiger partial charge in [0, 0.05) is 33.4 Å². The minimum absolute atomic E-state index is 0.0311. The van der Waals surface area contributed by atoms with Gasteiger partial charge in [-0.2, -0.15) is 0 Å². The molecule has 2 aromatic carbocycles. The summed E-state index contributed by atoms with van der Waals surface area (Å²) >= 11 is 0. The topological polar surface area (TPSA) is 143 Å². The van der Waals surface area contributed by atoms with Crippen molar-refractivity contribution in [2.24, 2.45) is 0 Å². The van der Waals surface area contributed by atoms with Crippen molar-refractivity contribution in [3.63, 3.8) is 0 Å². The van der Waals surface area contributed by atoms with Crippen LogP contribution in [0.5, 0.6) is 0 Å². The summed E-state index contributed by atoms with van der Waals surface area (Å²) in [6, 6.07) is 7.88. The van der Waals surface area contributed by atoms with Crippen LogP contribution in [0.3, 0.4) is 0 Å². The molecule has 2 amide bonds. The second-order valence-corrected chi connectivity index (χ2v) is 14.3. The SMILES string of the molecule is [2H]C(CCC)(CCC)S(=O)(=O)C[C@H](NC(=O)OC1CCOCC1)C(=O)N[C@@H](Cc1cc(F)cc(F)c1)[C@H](O)CNCc1cccc(CC)c1. The largest absolute Gasteiger partial charge is 0.446 e. The summed E-state index contributed by atoms with van der Waals surface area (Å²) in [6.45, 7) is 6.67. The van der Waals surface area contributed by atoms with Crippen LogP contribution in [-0.4, -0.2) is 80.6 Å². The van der Waals surface area contributed by atoms with E-state index in [9.17, 15) is 31.9 Å². The fraction of sp³-hybridized carbons (Fsp3) is 0.600. The highest BCUT2D eigenvalue weighted by Gasteiger charge is 2.35. The number of rotatable bonds is 19. The number of aliphatic hydroxyl groups excluding tert-OH is 1. The monoisotopic (exact) mass is 696 g/mol. The summed E-state index contributed by atoms with van der Waals surface area (Å²) in [7, 11) is -4.30. The van der Waals surface area contributed by atoms with Crippen molar-refractivity contribution in [3.8, 4) is 0 Å². The standard InChI is InChI=1S/C35H51F2N3O7S/c1-4-8-30(9-5-2)48(44,45)23-32(40-35(43)47-29-12-14-46-15-13-29)34(42)39-31(19-26-17-27(36)20-28(37)18-26)33(41)22-38-21-25-11-7-10-24(6-3)16-25/h7,10-11,16-18,20,29-33,38,41H,4-6,8-9,12-15,19,21-23H2,1-3H3,(H,39,42)(H,40,43)/t31-,32-,33+/m0/s1/i30D. The number of aliphatic hydroxyl groups is 1. The molecule has 0 unspecified atom stereocenters. The van der Waals surface area contributed by atoms with Gasteiger partial charge in [-0.1, -0.05) is 57.9 Å². The molecule has 1 heterocycles. The van der Waals surface area contributed by atoms with Crippen LogP contribution in [0.25, 0.3) is 0 Å². The number of carbonyl (C=O) groups excluding carboxylic acids is 2. The number of alkyl carbamates (subject to hydrolysis) is 1. The van der Waals surface area contributed by atoms with Crippen molar-refractivity contribution in [2.45, 2.75) is 108 Å². The first-order valence-corrected chi connectivity index (χ1v) is 18.4. The Kier molecular flexibility index (Phi) is 15.5. The van der Waals surface area contributed by atoms with Gasteiger partial charge in [0.1, 0.15) is 23.8 Å². The van der Waals surface area contributed by atoms with E-state index in [1.54, 1.807) is 13.8 Å². The molecule has 48 heavy (non-hydrogen) atoms. The van der Waals surface area contributed by atoms with E-state index in [-0.39, 0.29) is 31.4 Å². The normalized spacial score (nSPS) is 16.4. The van der Waals surface area contributed by atoms with E-state index in [1.165, 1.54) is 0 Å². The molecule has 0 radical (unpaired) electrons. The summed E-state index contributed by atoms with van der Waals surface area (Å²) < 4.78 is 75.2. The van der Waals surface area contributed by atoms with E-state index in [0.717, 1.165) is 29.7 Å². The first-order valence-electron chi connectivity index (χ1n) is 17.3. The number of hydrogen-bond acceptors (Lipinski definition) is 8. The minimum Gasteiger partial charge on any atom is -0.446 e. The van der Waals surface area contributed by atoms with E-state index in [2.05, 4.69) is 16.0 Å². The Balaban J connectivity index is 1.86. The van der Waals surface area contributed by atoms with Crippen LogP contribution in [0.4, 0.5) is 13.6 Å². The van der Waals surface area contributed by atoms with Crippen molar-refractivity contribution >= 4 is 21.8 Å². The summed E-state index contributed by atoms with van der Waals surface area (Å²) in [4.78, 5) is 26.9.